The number of esters is 1. The molecule has 0 aliphatic rings. The van der Waals surface area contributed by atoms with Crippen LogP contribution in [0.5, 0.6) is 0 Å². The topological polar surface area (TPSA) is 83.2 Å². The van der Waals surface area contributed by atoms with E-state index >= 15 is 0 Å². The molecule has 0 unspecified atom stereocenters. The maximum Gasteiger partial charge on any atom is 0.359 e. The molecule has 0 radical (unpaired) electrons. The number of Topliss-reactive ketones (excluding diaryl/α,β-unsaturated/α-hetero) is 1. The molecule has 174 valence electrons. The largest absolute Gasteiger partial charge is 0.452 e. The minimum Gasteiger partial charge on any atom is -0.452 e. The van der Waals surface area contributed by atoms with E-state index in [1.165, 1.54) is 10.7 Å². The molecule has 0 aliphatic heterocycles. The van der Waals surface area contributed by atoms with Crippen molar-refractivity contribution < 1.29 is 18.7 Å². The molecule has 0 saturated carbocycles. The third kappa shape index (κ3) is 4.14. The Hall–Kier alpha value is -4.07. The minimum atomic E-state index is -0.794. The van der Waals surface area contributed by atoms with E-state index in [9.17, 15) is 18.8 Å². The molecule has 0 amide bonds. The molecular weight excluding hydrogens is 437 g/mol. The highest BCUT2D eigenvalue weighted by Gasteiger charge is 2.22. The summed E-state index contributed by atoms with van der Waals surface area (Å²) in [5.74, 6) is -1.62. The fraction of sp³-hybridized carbons (Fsp3) is 0.231. The van der Waals surface area contributed by atoms with Crippen LogP contribution in [-0.4, -0.2) is 32.7 Å². The molecule has 0 spiro atoms. The maximum atomic E-state index is 14.3. The summed E-state index contributed by atoms with van der Waals surface area (Å²) < 4.78 is 22.5. The van der Waals surface area contributed by atoms with Gasteiger partial charge in [0.15, 0.2) is 12.3 Å². The van der Waals surface area contributed by atoms with Gasteiger partial charge in [-0.25, -0.2) is 13.9 Å². The number of ether oxygens (including phenoxy) is 1. The van der Waals surface area contributed by atoms with Gasteiger partial charge in [-0.2, -0.15) is 5.10 Å². The first-order valence-corrected chi connectivity index (χ1v) is 11.0. The SMILES string of the molecule is CCCn1nc(C(=O)OCC(=O)c2cc(C)n(-c3ccccc3F)c2C)c2ccccc2c1=O. The number of aromatic nitrogens is 3. The van der Waals surface area contributed by atoms with Crippen molar-refractivity contribution in [2.45, 2.75) is 33.7 Å². The number of ketones is 1. The molecule has 2 aromatic carbocycles. The zero-order valence-electron chi connectivity index (χ0n) is 19.2. The number of carbonyl (C=O) groups excluding carboxylic acids is 2. The summed E-state index contributed by atoms with van der Waals surface area (Å²) in [4.78, 5) is 38.4. The molecule has 0 bridgehead atoms. The van der Waals surface area contributed by atoms with E-state index in [4.69, 9.17) is 4.74 Å². The number of para-hydroxylation sites is 1. The summed E-state index contributed by atoms with van der Waals surface area (Å²) in [6.07, 6.45) is 0.663. The molecule has 0 saturated heterocycles. The smallest absolute Gasteiger partial charge is 0.359 e. The summed E-state index contributed by atoms with van der Waals surface area (Å²) in [5, 5.41) is 4.93. The van der Waals surface area contributed by atoms with Crippen LogP contribution in [-0.2, 0) is 11.3 Å². The monoisotopic (exact) mass is 461 g/mol. The molecule has 0 atom stereocenters. The average Bonchev–Trinajstić information content (AvgIpc) is 3.13. The Kier molecular flexibility index (Phi) is 6.40. The van der Waals surface area contributed by atoms with Gasteiger partial charge >= 0.3 is 5.97 Å². The van der Waals surface area contributed by atoms with E-state index in [-0.39, 0.29) is 11.3 Å². The van der Waals surface area contributed by atoms with Crippen molar-refractivity contribution in [1.82, 2.24) is 14.3 Å². The Bertz CT molecular complexity index is 1470. The van der Waals surface area contributed by atoms with E-state index in [0.717, 1.165) is 0 Å². The molecule has 34 heavy (non-hydrogen) atoms. The van der Waals surface area contributed by atoms with Gasteiger partial charge in [0.05, 0.1) is 11.1 Å². The van der Waals surface area contributed by atoms with Crippen LogP contribution in [0.25, 0.3) is 16.5 Å². The molecule has 0 aliphatic carbocycles. The molecule has 8 heteroatoms. The van der Waals surface area contributed by atoms with Gasteiger partial charge in [0.2, 0.25) is 5.78 Å². The Morgan fingerprint density at radius 2 is 1.71 bits per heavy atom. The zero-order valence-corrected chi connectivity index (χ0v) is 19.2. The molecule has 0 fully saturated rings. The van der Waals surface area contributed by atoms with E-state index in [1.807, 2.05) is 6.92 Å². The first-order valence-electron chi connectivity index (χ1n) is 11.0. The number of halogens is 1. The lowest BCUT2D eigenvalue weighted by Gasteiger charge is -2.11. The first kappa shape index (κ1) is 23.1. The van der Waals surface area contributed by atoms with Gasteiger partial charge in [0.25, 0.3) is 5.56 Å². The predicted octanol–water partition coefficient (Wildman–Crippen LogP) is 4.39. The van der Waals surface area contributed by atoms with Crippen LogP contribution in [0.4, 0.5) is 4.39 Å². The molecule has 2 heterocycles. The Morgan fingerprint density at radius 1 is 1.03 bits per heavy atom. The van der Waals surface area contributed by atoms with E-state index in [2.05, 4.69) is 5.10 Å². The van der Waals surface area contributed by atoms with Crippen LogP contribution in [0.3, 0.4) is 0 Å². The van der Waals surface area contributed by atoms with Crippen molar-refractivity contribution >= 4 is 22.5 Å². The van der Waals surface area contributed by atoms with Gasteiger partial charge in [-0.3, -0.25) is 9.59 Å². The number of aryl methyl sites for hydroxylation is 2. The van der Waals surface area contributed by atoms with Crippen LogP contribution in [0.2, 0.25) is 0 Å². The van der Waals surface area contributed by atoms with E-state index in [0.29, 0.717) is 46.4 Å². The fourth-order valence-electron chi connectivity index (χ4n) is 4.08. The highest BCUT2D eigenvalue weighted by Crippen LogP contribution is 2.23. The number of rotatable bonds is 7. The van der Waals surface area contributed by atoms with Gasteiger partial charge in [0.1, 0.15) is 5.82 Å². The van der Waals surface area contributed by atoms with Crippen molar-refractivity contribution in [1.29, 1.82) is 0 Å². The van der Waals surface area contributed by atoms with Crippen LogP contribution >= 0.6 is 0 Å². The number of benzene rings is 2. The van der Waals surface area contributed by atoms with Gasteiger partial charge in [-0.1, -0.05) is 37.3 Å². The summed E-state index contributed by atoms with van der Waals surface area (Å²) in [5.41, 5.74) is 1.59. The van der Waals surface area contributed by atoms with Crippen molar-refractivity contribution in [2.24, 2.45) is 0 Å². The van der Waals surface area contributed by atoms with Crippen molar-refractivity contribution in [2.75, 3.05) is 6.61 Å². The summed E-state index contributed by atoms with van der Waals surface area (Å²) in [6.45, 7) is 5.23. The molecule has 7 nitrogen and oxygen atoms in total. The van der Waals surface area contributed by atoms with Crippen molar-refractivity contribution in [3.05, 3.63) is 93.4 Å². The quantitative estimate of drug-likeness (QED) is 0.301. The lowest BCUT2D eigenvalue weighted by atomic mass is 10.1. The Morgan fingerprint density at radius 3 is 2.41 bits per heavy atom. The highest BCUT2D eigenvalue weighted by atomic mass is 19.1. The van der Waals surface area contributed by atoms with Crippen molar-refractivity contribution in [3.8, 4) is 5.69 Å². The van der Waals surface area contributed by atoms with Crippen LogP contribution < -0.4 is 5.56 Å². The summed E-state index contributed by atoms with van der Waals surface area (Å²) in [7, 11) is 0. The van der Waals surface area contributed by atoms with E-state index in [1.54, 1.807) is 66.9 Å². The van der Waals surface area contributed by atoms with Crippen LogP contribution in [0.15, 0.2) is 59.4 Å². The minimum absolute atomic E-state index is 0.0201. The number of carbonyl (C=O) groups is 2. The number of nitrogens with zero attached hydrogens (tertiary/aromatic N) is 3. The van der Waals surface area contributed by atoms with Gasteiger partial charge < -0.3 is 9.30 Å². The fourth-order valence-corrected chi connectivity index (χ4v) is 4.08. The second-order valence-corrected chi connectivity index (χ2v) is 7.99. The van der Waals surface area contributed by atoms with Gasteiger partial charge in [0, 0.05) is 28.9 Å². The predicted molar refractivity (Wildman–Crippen MR) is 126 cm³/mol. The molecule has 2 aromatic heterocycles. The van der Waals surface area contributed by atoms with Crippen molar-refractivity contribution in [3.63, 3.8) is 0 Å². The first-order chi connectivity index (χ1) is 16.3. The van der Waals surface area contributed by atoms with Gasteiger partial charge in [-0.15, -0.1) is 0 Å². The second kappa shape index (κ2) is 9.43. The van der Waals surface area contributed by atoms with Gasteiger partial charge in [-0.05, 0) is 44.5 Å². The lowest BCUT2D eigenvalue weighted by Crippen LogP contribution is -2.27. The highest BCUT2D eigenvalue weighted by molar-refractivity contribution is 6.04. The Balaban J connectivity index is 1.60. The number of hydrogen-bond acceptors (Lipinski definition) is 5. The average molecular weight is 461 g/mol. The molecule has 4 aromatic rings. The molecule has 0 N–H and O–H groups in total. The van der Waals surface area contributed by atoms with Crippen LogP contribution in [0, 0.1) is 19.7 Å². The third-order valence-corrected chi connectivity index (χ3v) is 5.66. The zero-order chi connectivity index (χ0) is 24.4. The standard InChI is InChI=1S/C26H24FN3O4/c1-4-13-29-25(32)19-10-6-5-9-18(19)24(28-29)26(33)34-15-23(31)20-14-16(2)30(17(20)3)22-12-8-7-11-21(22)27/h5-12,14H,4,13,15H2,1-3H3. The van der Waals surface area contributed by atoms with Crippen LogP contribution in [0.1, 0.15) is 45.6 Å². The second-order valence-electron chi connectivity index (χ2n) is 7.99. The third-order valence-electron chi connectivity index (χ3n) is 5.66. The Labute approximate surface area is 195 Å². The maximum absolute atomic E-state index is 14.3. The number of hydrogen-bond donors (Lipinski definition) is 0. The summed E-state index contributed by atoms with van der Waals surface area (Å²) in [6, 6.07) is 14.6. The molecule has 4 rings (SSSR count). The molecular formula is C26H24FN3O4. The lowest BCUT2D eigenvalue weighted by molar-refractivity contribution is 0.0468. The summed E-state index contributed by atoms with van der Waals surface area (Å²) >= 11 is 0. The number of fused-ring (bicyclic) bond motifs is 1. The normalized spacial score (nSPS) is 11.1. The van der Waals surface area contributed by atoms with E-state index < -0.39 is 24.2 Å².